The van der Waals surface area contributed by atoms with Crippen molar-refractivity contribution in [3.05, 3.63) is 28.6 Å². The lowest BCUT2D eigenvalue weighted by Crippen LogP contribution is -2.20. The number of carboxylic acid groups (broad SMARTS) is 1. The van der Waals surface area contributed by atoms with Gasteiger partial charge >= 0.3 is 5.97 Å². The van der Waals surface area contributed by atoms with Gasteiger partial charge in [-0.15, -0.1) is 11.3 Å². The zero-order valence-electron chi connectivity index (χ0n) is 8.60. The minimum absolute atomic E-state index is 0.162. The summed E-state index contributed by atoms with van der Waals surface area (Å²) in [5.74, 6) is -0.902. The Kier molecular flexibility index (Phi) is 2.57. The van der Waals surface area contributed by atoms with E-state index in [4.69, 9.17) is 10.8 Å². The molecule has 1 aromatic carbocycles. The molecule has 0 fully saturated rings. The molecule has 0 aliphatic carbocycles. The number of carboxylic acids is 1. The Bertz CT molecular complexity index is 562. The Balaban J connectivity index is 2.74. The van der Waals surface area contributed by atoms with E-state index in [1.807, 2.05) is 6.92 Å². The van der Waals surface area contributed by atoms with Crippen LogP contribution in [-0.2, 0) is 4.79 Å². The molecular formula is C11H11NO3S. The largest absolute Gasteiger partial charge is 0.506 e. The average Bonchev–Trinajstić information content (AvgIpc) is 2.55. The monoisotopic (exact) mass is 237 g/mol. The van der Waals surface area contributed by atoms with Crippen LogP contribution in [0.25, 0.3) is 10.1 Å². The average molecular weight is 237 g/mol. The molecule has 0 saturated heterocycles. The third-order valence-corrected chi connectivity index (χ3v) is 3.66. The van der Waals surface area contributed by atoms with Gasteiger partial charge in [0, 0.05) is 15.8 Å². The summed E-state index contributed by atoms with van der Waals surface area (Å²) < 4.78 is 0.687. The molecule has 2 rings (SSSR count). The highest BCUT2D eigenvalue weighted by atomic mass is 32.1. The fraction of sp³-hybridized carbons (Fsp3) is 0.182. The van der Waals surface area contributed by atoms with Gasteiger partial charge in [0.2, 0.25) is 0 Å². The fourth-order valence-corrected chi connectivity index (χ4v) is 2.87. The van der Waals surface area contributed by atoms with Gasteiger partial charge in [0.25, 0.3) is 0 Å². The maximum atomic E-state index is 10.9. The number of phenolic OH excluding ortho intramolecular Hbond substituents is 1. The first-order valence-electron chi connectivity index (χ1n) is 4.71. The predicted octanol–water partition coefficient (Wildman–Crippen LogP) is 2.00. The lowest BCUT2D eigenvalue weighted by Gasteiger charge is -2.06. The number of carbonyl (C=O) groups is 1. The van der Waals surface area contributed by atoms with Gasteiger partial charge in [0.05, 0.1) is 4.70 Å². The Morgan fingerprint density at radius 3 is 2.81 bits per heavy atom. The number of fused-ring (bicyclic) bond motifs is 1. The summed E-state index contributed by atoms with van der Waals surface area (Å²) in [5.41, 5.74) is 6.21. The van der Waals surface area contributed by atoms with E-state index in [0.717, 1.165) is 10.3 Å². The van der Waals surface area contributed by atoms with Crippen molar-refractivity contribution < 1.29 is 15.0 Å². The maximum absolute atomic E-state index is 10.9. The topological polar surface area (TPSA) is 83.5 Å². The van der Waals surface area contributed by atoms with Crippen molar-refractivity contribution in [2.24, 2.45) is 5.73 Å². The number of hydrogen-bond acceptors (Lipinski definition) is 4. The van der Waals surface area contributed by atoms with Gasteiger partial charge in [-0.05, 0) is 13.0 Å². The van der Waals surface area contributed by atoms with Crippen molar-refractivity contribution in [1.29, 1.82) is 0 Å². The smallest absolute Gasteiger partial charge is 0.325 e. The van der Waals surface area contributed by atoms with Crippen LogP contribution in [0.15, 0.2) is 18.2 Å². The summed E-state index contributed by atoms with van der Waals surface area (Å²) in [6.07, 6.45) is 0. The van der Waals surface area contributed by atoms with E-state index in [9.17, 15) is 9.90 Å². The van der Waals surface area contributed by atoms with Gasteiger partial charge < -0.3 is 15.9 Å². The Hall–Kier alpha value is -1.59. The van der Waals surface area contributed by atoms with Crippen LogP contribution in [0.5, 0.6) is 5.75 Å². The molecule has 0 spiro atoms. The van der Waals surface area contributed by atoms with Crippen molar-refractivity contribution in [2.75, 3.05) is 0 Å². The van der Waals surface area contributed by atoms with E-state index >= 15 is 0 Å². The molecule has 84 valence electrons. The first kappa shape index (κ1) is 10.9. The van der Waals surface area contributed by atoms with Crippen LogP contribution in [0.3, 0.4) is 0 Å². The zero-order chi connectivity index (χ0) is 11.9. The molecule has 0 aliphatic rings. The Labute approximate surface area is 95.9 Å². The fourth-order valence-electron chi connectivity index (χ4n) is 1.75. The van der Waals surface area contributed by atoms with E-state index in [1.54, 1.807) is 18.2 Å². The van der Waals surface area contributed by atoms with Crippen LogP contribution in [0.2, 0.25) is 0 Å². The molecule has 4 nitrogen and oxygen atoms in total. The number of hydrogen-bond donors (Lipinski definition) is 3. The molecule has 0 saturated carbocycles. The van der Waals surface area contributed by atoms with Gasteiger partial charge in [-0.2, -0.15) is 0 Å². The van der Waals surface area contributed by atoms with Crippen molar-refractivity contribution in [3.63, 3.8) is 0 Å². The van der Waals surface area contributed by atoms with E-state index in [-0.39, 0.29) is 5.75 Å². The molecule has 0 radical (unpaired) electrons. The van der Waals surface area contributed by atoms with E-state index in [2.05, 4.69) is 0 Å². The second-order valence-corrected chi connectivity index (χ2v) is 4.77. The molecule has 1 atom stereocenters. The van der Waals surface area contributed by atoms with Crippen LogP contribution in [0.4, 0.5) is 0 Å². The van der Waals surface area contributed by atoms with Crippen molar-refractivity contribution in [1.82, 2.24) is 0 Å². The van der Waals surface area contributed by atoms with Gasteiger partial charge in [0.15, 0.2) is 0 Å². The van der Waals surface area contributed by atoms with Gasteiger partial charge in [-0.1, -0.05) is 12.1 Å². The number of aryl methyl sites for hydroxylation is 1. The normalized spacial score (nSPS) is 12.9. The summed E-state index contributed by atoms with van der Waals surface area (Å²) in [7, 11) is 0. The van der Waals surface area contributed by atoms with E-state index in [0.29, 0.717) is 10.3 Å². The Morgan fingerprint density at radius 2 is 2.19 bits per heavy atom. The molecule has 1 aromatic heterocycles. The van der Waals surface area contributed by atoms with Crippen LogP contribution < -0.4 is 5.73 Å². The zero-order valence-corrected chi connectivity index (χ0v) is 9.41. The molecular weight excluding hydrogens is 226 g/mol. The SMILES string of the molecule is Cc1sc2c(O)cccc2c1C(N)C(=O)O. The van der Waals surface area contributed by atoms with Crippen LogP contribution in [-0.4, -0.2) is 16.2 Å². The summed E-state index contributed by atoms with van der Waals surface area (Å²) in [4.78, 5) is 11.7. The number of phenols is 1. The highest BCUT2D eigenvalue weighted by Crippen LogP contribution is 2.38. The molecule has 4 N–H and O–H groups in total. The lowest BCUT2D eigenvalue weighted by molar-refractivity contribution is -0.138. The number of benzene rings is 1. The summed E-state index contributed by atoms with van der Waals surface area (Å²) in [6, 6.07) is 3.99. The third-order valence-electron chi connectivity index (χ3n) is 2.50. The van der Waals surface area contributed by atoms with Crippen molar-refractivity contribution in [3.8, 4) is 5.75 Å². The van der Waals surface area contributed by atoms with Crippen LogP contribution in [0.1, 0.15) is 16.5 Å². The number of rotatable bonds is 2. The second kappa shape index (κ2) is 3.77. The van der Waals surface area contributed by atoms with Crippen LogP contribution in [0, 0.1) is 6.92 Å². The lowest BCUT2D eigenvalue weighted by atomic mass is 10.0. The van der Waals surface area contributed by atoms with E-state index in [1.165, 1.54) is 11.3 Å². The minimum Gasteiger partial charge on any atom is -0.506 e. The quantitative estimate of drug-likeness (QED) is 0.746. The summed E-state index contributed by atoms with van der Waals surface area (Å²) in [6.45, 7) is 1.81. The Morgan fingerprint density at radius 1 is 1.50 bits per heavy atom. The molecule has 0 amide bonds. The van der Waals surface area contributed by atoms with Gasteiger partial charge in [-0.25, -0.2) is 0 Å². The summed E-state index contributed by atoms with van der Waals surface area (Å²) >= 11 is 1.36. The second-order valence-electron chi connectivity index (χ2n) is 3.54. The van der Waals surface area contributed by atoms with Gasteiger partial charge in [0.1, 0.15) is 11.8 Å². The maximum Gasteiger partial charge on any atom is 0.325 e. The highest BCUT2D eigenvalue weighted by molar-refractivity contribution is 7.19. The molecule has 0 bridgehead atoms. The number of nitrogens with two attached hydrogens (primary N) is 1. The molecule has 1 heterocycles. The van der Waals surface area contributed by atoms with Crippen molar-refractivity contribution in [2.45, 2.75) is 13.0 Å². The summed E-state index contributed by atoms with van der Waals surface area (Å²) in [5, 5.41) is 19.3. The molecule has 0 aliphatic heterocycles. The highest BCUT2D eigenvalue weighted by Gasteiger charge is 2.22. The minimum atomic E-state index is -1.06. The third kappa shape index (κ3) is 1.54. The van der Waals surface area contributed by atoms with E-state index < -0.39 is 12.0 Å². The molecule has 1 unspecified atom stereocenters. The predicted molar refractivity (Wildman–Crippen MR) is 62.8 cm³/mol. The number of thiophene rings is 1. The first-order chi connectivity index (χ1) is 7.52. The number of aromatic hydroxyl groups is 1. The molecule has 2 aromatic rings. The van der Waals surface area contributed by atoms with Gasteiger partial charge in [-0.3, -0.25) is 4.79 Å². The van der Waals surface area contributed by atoms with Crippen LogP contribution >= 0.6 is 11.3 Å². The van der Waals surface area contributed by atoms with Crippen molar-refractivity contribution >= 4 is 27.4 Å². The molecule has 16 heavy (non-hydrogen) atoms. The molecule has 5 heteroatoms. The standard InChI is InChI=1S/C11H11NO3S/c1-5-8(9(12)11(14)15)6-3-2-4-7(13)10(6)16-5/h2-4,9,13H,12H2,1H3,(H,14,15). The number of aliphatic carboxylic acids is 1. The first-order valence-corrected chi connectivity index (χ1v) is 5.53.